The zero-order valence-corrected chi connectivity index (χ0v) is 13.5. The minimum atomic E-state index is -4.47. The van der Waals surface area contributed by atoms with Gasteiger partial charge in [0.05, 0.1) is 17.3 Å². The first-order valence-corrected chi connectivity index (χ1v) is 7.92. The van der Waals surface area contributed by atoms with E-state index in [4.69, 9.17) is 9.94 Å². The summed E-state index contributed by atoms with van der Waals surface area (Å²) in [5.41, 5.74) is -0.273. The molecule has 0 aliphatic carbocycles. The number of halogens is 3. The van der Waals surface area contributed by atoms with E-state index in [-0.39, 0.29) is 36.2 Å². The van der Waals surface area contributed by atoms with E-state index in [9.17, 15) is 22.8 Å². The Kier molecular flexibility index (Phi) is 4.75. The molecule has 140 valence electrons. The van der Waals surface area contributed by atoms with Gasteiger partial charge >= 0.3 is 12.3 Å². The molecule has 2 unspecified atom stereocenters. The predicted octanol–water partition coefficient (Wildman–Crippen LogP) is 2.07. The molecule has 1 saturated heterocycles. The number of hydrogen-bond donors (Lipinski definition) is 2. The van der Waals surface area contributed by atoms with Gasteiger partial charge in [0, 0.05) is 25.1 Å². The summed E-state index contributed by atoms with van der Waals surface area (Å²) in [6.07, 6.45) is -5.98. The molecule has 2 atom stereocenters. The third kappa shape index (κ3) is 3.89. The molecule has 26 heavy (non-hydrogen) atoms. The summed E-state index contributed by atoms with van der Waals surface area (Å²) in [7, 11) is 0. The lowest BCUT2D eigenvalue weighted by atomic mass is 10.0. The van der Waals surface area contributed by atoms with Crippen molar-refractivity contribution in [2.75, 3.05) is 13.1 Å². The Bertz CT molecular complexity index is 751. The van der Waals surface area contributed by atoms with E-state index >= 15 is 0 Å². The van der Waals surface area contributed by atoms with Gasteiger partial charge in [0.2, 0.25) is 6.10 Å². The minimum absolute atomic E-state index is 0.0632. The molecule has 0 radical (unpaired) electrons. The lowest BCUT2D eigenvalue weighted by molar-refractivity contribution is -0.141. The number of oxime groups is 1. The van der Waals surface area contributed by atoms with E-state index in [0.717, 1.165) is 12.1 Å². The molecule has 1 fully saturated rings. The SMILES string of the molecule is O=C(O)NC1CCN(C(=O)C2CC(c3cccc(C(F)(F)F)c3)=NO2)C1. The van der Waals surface area contributed by atoms with Gasteiger partial charge in [0.1, 0.15) is 0 Å². The van der Waals surface area contributed by atoms with E-state index in [1.807, 2.05) is 0 Å². The van der Waals surface area contributed by atoms with Crippen LogP contribution in [0.15, 0.2) is 29.4 Å². The van der Waals surface area contributed by atoms with Gasteiger partial charge in [0.25, 0.3) is 5.91 Å². The first kappa shape index (κ1) is 18.0. The van der Waals surface area contributed by atoms with Crippen LogP contribution in [0, 0.1) is 0 Å². The quantitative estimate of drug-likeness (QED) is 0.851. The molecule has 0 saturated carbocycles. The number of alkyl halides is 3. The molecule has 0 aromatic heterocycles. The van der Waals surface area contributed by atoms with Crippen LogP contribution >= 0.6 is 0 Å². The van der Waals surface area contributed by atoms with Crippen LogP contribution in [0.3, 0.4) is 0 Å². The van der Waals surface area contributed by atoms with Crippen LogP contribution in [0.25, 0.3) is 0 Å². The standard InChI is InChI=1S/C16H16F3N3O4/c17-16(18,19)10-3-1-2-9(6-10)12-7-13(26-21-12)14(23)22-5-4-11(8-22)20-15(24)25/h1-3,6,11,13,20H,4-5,7-8H2,(H,24,25). The van der Waals surface area contributed by atoms with Crippen molar-refractivity contribution in [3.05, 3.63) is 35.4 Å². The summed E-state index contributed by atoms with van der Waals surface area (Å²) in [6, 6.07) is 4.34. The fourth-order valence-corrected chi connectivity index (χ4v) is 3.01. The van der Waals surface area contributed by atoms with Gasteiger partial charge in [-0.25, -0.2) is 4.79 Å². The third-order valence-corrected chi connectivity index (χ3v) is 4.29. The molecule has 10 heteroatoms. The van der Waals surface area contributed by atoms with E-state index < -0.39 is 23.9 Å². The number of nitrogens with zero attached hydrogens (tertiary/aromatic N) is 2. The fourth-order valence-electron chi connectivity index (χ4n) is 3.01. The van der Waals surface area contributed by atoms with Crippen molar-refractivity contribution < 1.29 is 32.7 Å². The fraction of sp³-hybridized carbons (Fsp3) is 0.438. The van der Waals surface area contributed by atoms with Crippen molar-refractivity contribution in [3.63, 3.8) is 0 Å². The Labute approximate surface area is 146 Å². The van der Waals surface area contributed by atoms with Crippen LogP contribution < -0.4 is 5.32 Å². The van der Waals surface area contributed by atoms with Gasteiger partial charge in [-0.15, -0.1) is 0 Å². The minimum Gasteiger partial charge on any atom is -0.465 e. The Morgan fingerprint density at radius 1 is 1.35 bits per heavy atom. The van der Waals surface area contributed by atoms with E-state index in [1.165, 1.54) is 17.0 Å². The number of carboxylic acid groups (broad SMARTS) is 1. The maximum absolute atomic E-state index is 12.8. The highest BCUT2D eigenvalue weighted by atomic mass is 19.4. The van der Waals surface area contributed by atoms with E-state index in [1.54, 1.807) is 0 Å². The molecule has 0 spiro atoms. The van der Waals surface area contributed by atoms with Crippen LogP contribution in [0.4, 0.5) is 18.0 Å². The molecule has 2 aliphatic rings. The Balaban J connectivity index is 1.62. The summed E-state index contributed by atoms with van der Waals surface area (Å²) in [6.45, 7) is 0.604. The molecule has 2 N–H and O–H groups in total. The maximum atomic E-state index is 12.8. The molecule has 1 aromatic carbocycles. The summed E-state index contributed by atoms with van der Waals surface area (Å²) >= 11 is 0. The van der Waals surface area contributed by atoms with Gasteiger partial charge in [-0.1, -0.05) is 17.3 Å². The Hall–Kier alpha value is -2.78. The number of hydrogen-bond acceptors (Lipinski definition) is 4. The average Bonchev–Trinajstić information content (AvgIpc) is 3.22. The number of carbonyl (C=O) groups is 2. The second-order valence-electron chi connectivity index (χ2n) is 6.13. The lowest BCUT2D eigenvalue weighted by Crippen LogP contribution is -2.41. The van der Waals surface area contributed by atoms with Crippen molar-refractivity contribution >= 4 is 17.7 Å². The van der Waals surface area contributed by atoms with Crippen LogP contribution in [0.2, 0.25) is 0 Å². The van der Waals surface area contributed by atoms with Crippen molar-refractivity contribution in [1.29, 1.82) is 0 Å². The molecule has 2 aliphatic heterocycles. The first-order valence-electron chi connectivity index (χ1n) is 7.92. The highest BCUT2D eigenvalue weighted by Gasteiger charge is 2.37. The number of carbonyl (C=O) groups excluding carboxylic acids is 1. The molecule has 7 nitrogen and oxygen atoms in total. The zero-order chi connectivity index (χ0) is 18.9. The smallest absolute Gasteiger partial charge is 0.416 e. The van der Waals surface area contributed by atoms with E-state index in [2.05, 4.69) is 10.5 Å². The van der Waals surface area contributed by atoms with Crippen molar-refractivity contribution in [2.24, 2.45) is 5.16 Å². The molecule has 2 heterocycles. The maximum Gasteiger partial charge on any atom is 0.416 e. The van der Waals surface area contributed by atoms with Crippen LogP contribution in [-0.4, -0.2) is 53.0 Å². The molecule has 2 amide bonds. The Morgan fingerprint density at radius 2 is 2.12 bits per heavy atom. The van der Waals surface area contributed by atoms with Gasteiger partial charge in [-0.05, 0) is 18.6 Å². The second kappa shape index (κ2) is 6.85. The van der Waals surface area contributed by atoms with Gasteiger partial charge in [-0.3, -0.25) is 4.79 Å². The second-order valence-corrected chi connectivity index (χ2v) is 6.13. The van der Waals surface area contributed by atoms with Crippen molar-refractivity contribution in [2.45, 2.75) is 31.2 Å². The van der Waals surface area contributed by atoms with Gasteiger partial charge in [-0.2, -0.15) is 13.2 Å². The predicted molar refractivity (Wildman–Crippen MR) is 83.6 cm³/mol. The summed E-state index contributed by atoms with van der Waals surface area (Å²) in [4.78, 5) is 29.7. The molecular weight excluding hydrogens is 355 g/mol. The number of benzene rings is 1. The van der Waals surface area contributed by atoms with Gasteiger partial charge < -0.3 is 20.2 Å². The van der Waals surface area contributed by atoms with Crippen LogP contribution in [0.1, 0.15) is 24.0 Å². The largest absolute Gasteiger partial charge is 0.465 e. The molecule has 3 rings (SSSR count). The highest BCUT2D eigenvalue weighted by Crippen LogP contribution is 2.30. The lowest BCUT2D eigenvalue weighted by Gasteiger charge is -2.19. The number of amides is 2. The van der Waals surface area contributed by atoms with Crippen LogP contribution in [0.5, 0.6) is 0 Å². The van der Waals surface area contributed by atoms with Crippen molar-refractivity contribution in [1.82, 2.24) is 10.2 Å². The third-order valence-electron chi connectivity index (χ3n) is 4.29. The van der Waals surface area contributed by atoms with Crippen LogP contribution in [-0.2, 0) is 15.8 Å². The average molecular weight is 371 g/mol. The number of rotatable bonds is 3. The normalized spacial score (nSPS) is 22.7. The molecule has 0 bridgehead atoms. The molecular formula is C16H16F3N3O4. The summed E-state index contributed by atoms with van der Waals surface area (Å²) in [5.74, 6) is -0.356. The number of nitrogens with one attached hydrogen (secondary N) is 1. The first-order chi connectivity index (χ1) is 12.2. The summed E-state index contributed by atoms with van der Waals surface area (Å²) in [5, 5.41) is 14.8. The monoisotopic (exact) mass is 371 g/mol. The topological polar surface area (TPSA) is 91.2 Å². The van der Waals surface area contributed by atoms with Gasteiger partial charge in [0.15, 0.2) is 0 Å². The highest BCUT2D eigenvalue weighted by molar-refractivity contribution is 6.04. The Morgan fingerprint density at radius 3 is 2.81 bits per heavy atom. The number of likely N-dealkylation sites (tertiary alicyclic amines) is 1. The molecule has 1 aromatic rings. The van der Waals surface area contributed by atoms with Crippen molar-refractivity contribution in [3.8, 4) is 0 Å². The zero-order valence-electron chi connectivity index (χ0n) is 13.5. The van der Waals surface area contributed by atoms with E-state index in [0.29, 0.717) is 13.0 Å². The summed E-state index contributed by atoms with van der Waals surface area (Å²) < 4.78 is 38.4.